The smallest absolute Gasteiger partial charge is 0.207 e. The molecule has 2 fully saturated rings. The molecule has 1 aromatic rings. The average Bonchev–Trinajstić information content (AvgIpc) is 2.57. The van der Waals surface area contributed by atoms with Crippen molar-refractivity contribution in [3.63, 3.8) is 0 Å². The number of allylic oxidation sites excluding steroid dienone is 1. The van der Waals surface area contributed by atoms with Gasteiger partial charge in [-0.15, -0.1) is 0 Å². The lowest BCUT2D eigenvalue weighted by molar-refractivity contribution is 0.0780. The molecule has 0 aromatic heterocycles. The molecule has 0 N–H and O–H groups in total. The summed E-state index contributed by atoms with van der Waals surface area (Å²) in [6.07, 6.45) is 10.4. The maximum Gasteiger partial charge on any atom is 0.243 e. The number of hydrogen-bond acceptors (Lipinski definition) is 2. The van der Waals surface area contributed by atoms with Crippen LogP contribution in [-0.2, 0) is 10.0 Å². The summed E-state index contributed by atoms with van der Waals surface area (Å²) in [5.74, 6) is 0. The highest BCUT2D eigenvalue weighted by atomic mass is 32.2. The summed E-state index contributed by atoms with van der Waals surface area (Å²) < 4.78 is 28.6. The van der Waals surface area contributed by atoms with Gasteiger partial charge in [-0.2, -0.15) is 4.31 Å². The average molecular weight is 362 g/mol. The zero-order valence-electron chi connectivity index (χ0n) is 15.8. The van der Waals surface area contributed by atoms with E-state index < -0.39 is 10.0 Å². The van der Waals surface area contributed by atoms with Crippen LogP contribution in [0.1, 0.15) is 64.4 Å². The number of hydrogen-bond donors (Lipinski definition) is 0. The molecule has 0 amide bonds. The number of aryl methyl sites for hydroxylation is 1. The van der Waals surface area contributed by atoms with Crippen molar-refractivity contribution in [2.45, 2.75) is 76.7 Å². The highest BCUT2D eigenvalue weighted by molar-refractivity contribution is 7.89. The van der Waals surface area contributed by atoms with Crippen LogP contribution in [0.25, 0.3) is 0 Å². The molecule has 25 heavy (non-hydrogen) atoms. The zero-order valence-corrected chi connectivity index (χ0v) is 16.6. The third-order valence-corrected chi connectivity index (χ3v) is 7.78. The summed E-state index contributed by atoms with van der Waals surface area (Å²) in [5.41, 5.74) is 2.47. The van der Waals surface area contributed by atoms with Gasteiger partial charge in [0.15, 0.2) is 0 Å². The maximum absolute atomic E-state index is 13.4. The fourth-order valence-electron chi connectivity index (χ4n) is 4.49. The van der Waals surface area contributed by atoms with E-state index in [-0.39, 0.29) is 11.5 Å². The maximum atomic E-state index is 13.4. The standard InChI is InChI=1S/C21H31NO2S/c1-17(2)15-19-11-14-21(12-5-4-6-13-21)16-22(19)25(23,24)20-9-7-18(3)8-10-20/h7-10,15,19H,4-6,11-14,16H2,1-3H3/t19-/m0/s1. The fourth-order valence-corrected chi connectivity index (χ4v) is 6.21. The number of benzene rings is 1. The minimum absolute atomic E-state index is 0.0103. The largest absolute Gasteiger partial charge is 0.243 e. The Balaban J connectivity index is 1.96. The predicted molar refractivity (Wildman–Crippen MR) is 103 cm³/mol. The Labute approximate surface area is 153 Å². The number of piperidine rings is 1. The first-order valence-electron chi connectivity index (χ1n) is 9.56. The minimum Gasteiger partial charge on any atom is -0.207 e. The monoisotopic (exact) mass is 361 g/mol. The SMILES string of the molecule is CC(C)=C[C@@H]1CCC2(CCCCC2)CN1S(=O)(=O)c1ccc(C)cc1. The first-order valence-corrected chi connectivity index (χ1v) is 11.0. The van der Waals surface area contributed by atoms with Gasteiger partial charge in [0, 0.05) is 12.6 Å². The third-order valence-electron chi connectivity index (χ3n) is 5.90. The lowest BCUT2D eigenvalue weighted by atomic mass is 9.68. The molecule has 1 atom stereocenters. The van der Waals surface area contributed by atoms with Gasteiger partial charge >= 0.3 is 0 Å². The molecular formula is C21H31NO2S. The van der Waals surface area contributed by atoms with Gasteiger partial charge in [-0.1, -0.05) is 48.6 Å². The van der Waals surface area contributed by atoms with Gasteiger partial charge in [-0.25, -0.2) is 8.42 Å². The van der Waals surface area contributed by atoms with Crippen LogP contribution in [0.15, 0.2) is 40.8 Å². The molecule has 0 bridgehead atoms. The number of nitrogens with zero attached hydrogens (tertiary/aromatic N) is 1. The molecule has 138 valence electrons. The molecule has 2 aliphatic rings. The van der Waals surface area contributed by atoms with Crippen molar-refractivity contribution in [3.8, 4) is 0 Å². The van der Waals surface area contributed by atoms with Crippen molar-refractivity contribution in [1.29, 1.82) is 0 Å². The summed E-state index contributed by atoms with van der Waals surface area (Å²) in [6, 6.07) is 7.29. The van der Waals surface area contributed by atoms with Gasteiger partial charge in [0.2, 0.25) is 10.0 Å². The van der Waals surface area contributed by atoms with Gasteiger partial charge in [0.1, 0.15) is 0 Å². The van der Waals surface area contributed by atoms with E-state index in [0.717, 1.165) is 18.4 Å². The van der Waals surface area contributed by atoms with Crippen LogP contribution in [0.4, 0.5) is 0 Å². The molecule has 0 radical (unpaired) electrons. The van der Waals surface area contributed by atoms with E-state index in [0.29, 0.717) is 11.4 Å². The highest BCUT2D eigenvalue weighted by Crippen LogP contribution is 2.46. The molecule has 0 unspecified atom stereocenters. The predicted octanol–water partition coefficient (Wildman–Crippen LogP) is 5.06. The van der Waals surface area contributed by atoms with Crippen LogP contribution < -0.4 is 0 Å². The Morgan fingerprint density at radius 1 is 1.08 bits per heavy atom. The number of sulfonamides is 1. The van der Waals surface area contributed by atoms with Gasteiger partial charge in [0.05, 0.1) is 4.90 Å². The van der Waals surface area contributed by atoms with Crippen molar-refractivity contribution in [2.75, 3.05) is 6.54 Å². The summed E-state index contributed by atoms with van der Waals surface area (Å²) in [4.78, 5) is 0.429. The first kappa shape index (κ1) is 18.7. The van der Waals surface area contributed by atoms with E-state index in [1.165, 1.54) is 37.7 Å². The molecular weight excluding hydrogens is 330 g/mol. The summed E-state index contributed by atoms with van der Waals surface area (Å²) in [5, 5.41) is 0. The van der Waals surface area contributed by atoms with Crippen molar-refractivity contribution in [3.05, 3.63) is 41.5 Å². The third kappa shape index (κ3) is 4.01. The van der Waals surface area contributed by atoms with E-state index in [1.54, 1.807) is 16.4 Å². The molecule has 1 saturated carbocycles. The summed E-state index contributed by atoms with van der Waals surface area (Å²) in [7, 11) is -3.46. The molecule has 1 aliphatic heterocycles. The molecule has 1 heterocycles. The first-order chi connectivity index (χ1) is 11.8. The highest BCUT2D eigenvalue weighted by Gasteiger charge is 2.44. The molecule has 4 heteroatoms. The lowest BCUT2D eigenvalue weighted by Crippen LogP contribution is -2.51. The molecule has 3 rings (SSSR count). The van der Waals surface area contributed by atoms with Crippen molar-refractivity contribution >= 4 is 10.0 Å². The molecule has 1 aromatic carbocycles. The van der Waals surface area contributed by atoms with Gasteiger partial charge in [0.25, 0.3) is 0 Å². The minimum atomic E-state index is -3.46. The second-order valence-corrected chi connectivity index (χ2v) is 10.2. The van der Waals surface area contributed by atoms with Crippen molar-refractivity contribution < 1.29 is 8.42 Å². The second kappa shape index (κ2) is 7.24. The van der Waals surface area contributed by atoms with E-state index in [9.17, 15) is 8.42 Å². The van der Waals surface area contributed by atoms with Crippen LogP contribution in [0.5, 0.6) is 0 Å². The Hall–Kier alpha value is -1.13. The van der Waals surface area contributed by atoms with Crippen LogP contribution in [0.2, 0.25) is 0 Å². The van der Waals surface area contributed by atoms with Gasteiger partial charge in [-0.05, 0) is 64.0 Å². The van der Waals surface area contributed by atoms with Crippen molar-refractivity contribution in [2.24, 2.45) is 5.41 Å². The number of rotatable bonds is 3. The lowest BCUT2D eigenvalue weighted by Gasteiger charge is -2.47. The second-order valence-electron chi connectivity index (χ2n) is 8.27. The van der Waals surface area contributed by atoms with Crippen LogP contribution in [0.3, 0.4) is 0 Å². The quantitative estimate of drug-likeness (QED) is 0.705. The molecule has 1 saturated heterocycles. The molecule has 3 nitrogen and oxygen atoms in total. The van der Waals surface area contributed by atoms with E-state index in [2.05, 4.69) is 19.9 Å². The van der Waals surface area contributed by atoms with Gasteiger partial charge in [-0.3, -0.25) is 0 Å². The Kier molecular flexibility index (Phi) is 5.40. The van der Waals surface area contributed by atoms with Crippen molar-refractivity contribution in [1.82, 2.24) is 4.31 Å². The normalized spacial score (nSPS) is 24.2. The Morgan fingerprint density at radius 2 is 1.72 bits per heavy atom. The van der Waals surface area contributed by atoms with E-state index in [1.807, 2.05) is 19.1 Å². The van der Waals surface area contributed by atoms with Crippen LogP contribution in [0, 0.1) is 12.3 Å². The molecule has 1 aliphatic carbocycles. The zero-order chi connectivity index (χ0) is 18.1. The Bertz CT molecular complexity index is 724. The van der Waals surface area contributed by atoms with Crippen LogP contribution in [-0.4, -0.2) is 25.3 Å². The topological polar surface area (TPSA) is 37.4 Å². The Morgan fingerprint density at radius 3 is 2.32 bits per heavy atom. The fraction of sp³-hybridized carbons (Fsp3) is 0.619. The van der Waals surface area contributed by atoms with E-state index >= 15 is 0 Å². The molecule has 1 spiro atoms. The van der Waals surface area contributed by atoms with Gasteiger partial charge < -0.3 is 0 Å². The summed E-state index contributed by atoms with van der Waals surface area (Å²) >= 11 is 0. The van der Waals surface area contributed by atoms with E-state index in [4.69, 9.17) is 0 Å². The van der Waals surface area contributed by atoms with Crippen LogP contribution >= 0.6 is 0 Å². The summed E-state index contributed by atoms with van der Waals surface area (Å²) in [6.45, 7) is 6.78.